The highest BCUT2D eigenvalue weighted by Crippen LogP contribution is 2.25. The summed E-state index contributed by atoms with van der Waals surface area (Å²) >= 11 is 0. The number of likely N-dealkylation sites (N-methyl/N-ethyl adjacent to an activating group) is 1. The number of aryl methyl sites for hydroxylation is 1. The van der Waals surface area contributed by atoms with E-state index in [1.807, 2.05) is 56.7 Å². The van der Waals surface area contributed by atoms with E-state index in [0.29, 0.717) is 18.7 Å². The highest BCUT2D eigenvalue weighted by Gasteiger charge is 2.26. The Kier molecular flexibility index (Phi) is 3.93. The molecule has 1 aromatic heterocycles. The van der Waals surface area contributed by atoms with Crippen molar-refractivity contribution in [3.63, 3.8) is 0 Å². The van der Waals surface area contributed by atoms with Crippen LogP contribution >= 0.6 is 0 Å². The molecule has 0 radical (unpaired) electrons. The van der Waals surface area contributed by atoms with E-state index in [-0.39, 0.29) is 0 Å². The minimum absolute atomic E-state index is 0.414. The van der Waals surface area contributed by atoms with E-state index in [4.69, 9.17) is 0 Å². The van der Waals surface area contributed by atoms with Crippen LogP contribution in [0.3, 0.4) is 0 Å². The van der Waals surface area contributed by atoms with Gasteiger partial charge in [-0.25, -0.2) is 0 Å². The third-order valence-corrected chi connectivity index (χ3v) is 3.87. The molecule has 0 unspecified atom stereocenters. The summed E-state index contributed by atoms with van der Waals surface area (Å²) < 4.78 is 1.96. The van der Waals surface area contributed by atoms with Crippen LogP contribution in [0.25, 0.3) is 10.9 Å². The molecule has 4 heteroatoms. The lowest BCUT2D eigenvalue weighted by Gasteiger charge is -2.17. The van der Waals surface area contributed by atoms with Crippen molar-refractivity contribution in [2.24, 2.45) is 7.05 Å². The van der Waals surface area contributed by atoms with Crippen molar-refractivity contribution < 1.29 is 9.59 Å². The number of aromatic nitrogens is 1. The minimum atomic E-state index is -0.422. The van der Waals surface area contributed by atoms with E-state index in [0.717, 1.165) is 16.6 Å². The summed E-state index contributed by atoms with van der Waals surface area (Å²) in [6.45, 7) is 6.73. The second kappa shape index (κ2) is 5.49. The highest BCUT2D eigenvalue weighted by molar-refractivity contribution is 6.45. The van der Waals surface area contributed by atoms with Crippen molar-refractivity contribution in [1.82, 2.24) is 9.47 Å². The third-order valence-electron chi connectivity index (χ3n) is 3.87. The molecular weight excluding hydrogens is 252 g/mol. The lowest BCUT2D eigenvalue weighted by Crippen LogP contribution is -2.36. The third kappa shape index (κ3) is 2.11. The second-order valence-corrected chi connectivity index (χ2v) is 4.84. The molecule has 0 saturated carbocycles. The van der Waals surface area contributed by atoms with Crippen LogP contribution in [0.1, 0.15) is 29.9 Å². The Hall–Kier alpha value is -2.10. The van der Waals surface area contributed by atoms with Crippen molar-refractivity contribution in [2.45, 2.75) is 20.8 Å². The Bertz CT molecular complexity index is 666. The molecule has 0 spiro atoms. The predicted octanol–water partition coefficient (Wildman–Crippen LogP) is 2.54. The standard InChI is InChI=1S/C16H20N2O2/c1-5-18(6-2)16(20)15(19)14-11(3)17(4)13-10-8-7-9-12(13)14/h7-10H,5-6H2,1-4H3. The SMILES string of the molecule is CCN(CC)C(=O)C(=O)c1c(C)n(C)c2ccccc12. The number of amides is 1. The molecule has 4 nitrogen and oxygen atoms in total. The number of hydrogen-bond donors (Lipinski definition) is 0. The molecule has 0 aliphatic carbocycles. The highest BCUT2D eigenvalue weighted by atomic mass is 16.2. The Morgan fingerprint density at radius 2 is 1.75 bits per heavy atom. The monoisotopic (exact) mass is 272 g/mol. The number of para-hydroxylation sites is 1. The summed E-state index contributed by atoms with van der Waals surface area (Å²) in [5, 5.41) is 0.845. The van der Waals surface area contributed by atoms with Crippen LogP contribution in [0.15, 0.2) is 24.3 Å². The molecule has 2 rings (SSSR count). The number of rotatable bonds is 4. The van der Waals surface area contributed by atoms with Crippen molar-refractivity contribution in [2.75, 3.05) is 13.1 Å². The molecule has 0 fully saturated rings. The number of fused-ring (bicyclic) bond motifs is 1. The van der Waals surface area contributed by atoms with E-state index in [2.05, 4.69) is 0 Å². The van der Waals surface area contributed by atoms with Gasteiger partial charge in [-0.1, -0.05) is 18.2 Å². The molecule has 1 heterocycles. The number of nitrogens with zero attached hydrogens (tertiary/aromatic N) is 2. The van der Waals surface area contributed by atoms with Gasteiger partial charge in [0.25, 0.3) is 11.7 Å². The van der Waals surface area contributed by atoms with Gasteiger partial charge in [0.05, 0.1) is 5.56 Å². The van der Waals surface area contributed by atoms with Crippen molar-refractivity contribution in [3.8, 4) is 0 Å². The molecule has 0 saturated heterocycles. The molecule has 0 atom stereocenters. The summed E-state index contributed by atoms with van der Waals surface area (Å²) in [5.41, 5.74) is 2.33. The van der Waals surface area contributed by atoms with Crippen molar-refractivity contribution in [1.29, 1.82) is 0 Å². The first-order chi connectivity index (χ1) is 9.52. The topological polar surface area (TPSA) is 42.3 Å². The first-order valence-corrected chi connectivity index (χ1v) is 6.90. The van der Waals surface area contributed by atoms with E-state index in [1.165, 1.54) is 0 Å². The summed E-state index contributed by atoms with van der Waals surface area (Å²) in [5.74, 6) is -0.836. The Balaban J connectivity index is 2.56. The van der Waals surface area contributed by atoms with E-state index >= 15 is 0 Å². The second-order valence-electron chi connectivity index (χ2n) is 4.84. The maximum atomic E-state index is 12.5. The zero-order valence-corrected chi connectivity index (χ0v) is 12.4. The fraction of sp³-hybridized carbons (Fsp3) is 0.375. The number of carbonyl (C=O) groups excluding carboxylic acids is 2. The molecule has 2 aromatic rings. The zero-order valence-electron chi connectivity index (χ0n) is 12.4. The molecule has 20 heavy (non-hydrogen) atoms. The van der Waals surface area contributed by atoms with E-state index < -0.39 is 11.7 Å². The summed E-state index contributed by atoms with van der Waals surface area (Å²) in [6.07, 6.45) is 0. The van der Waals surface area contributed by atoms with Crippen LogP contribution in [0.4, 0.5) is 0 Å². The van der Waals surface area contributed by atoms with Gasteiger partial charge in [0, 0.05) is 36.7 Å². The van der Waals surface area contributed by atoms with Gasteiger partial charge in [-0.15, -0.1) is 0 Å². The lowest BCUT2D eigenvalue weighted by atomic mass is 10.1. The number of carbonyl (C=O) groups is 2. The molecule has 1 aromatic carbocycles. The molecule has 0 N–H and O–H groups in total. The Morgan fingerprint density at radius 1 is 1.15 bits per heavy atom. The van der Waals surface area contributed by atoms with Gasteiger partial charge in [0.1, 0.15) is 0 Å². The maximum absolute atomic E-state index is 12.5. The van der Waals surface area contributed by atoms with Crippen LogP contribution in [-0.4, -0.2) is 34.2 Å². The molecule has 0 aliphatic heterocycles. The predicted molar refractivity (Wildman–Crippen MR) is 79.9 cm³/mol. The van der Waals surface area contributed by atoms with E-state index in [9.17, 15) is 9.59 Å². The fourth-order valence-corrected chi connectivity index (χ4v) is 2.57. The van der Waals surface area contributed by atoms with Gasteiger partial charge in [0.15, 0.2) is 0 Å². The first kappa shape index (κ1) is 14.3. The maximum Gasteiger partial charge on any atom is 0.295 e. The average molecular weight is 272 g/mol. The van der Waals surface area contributed by atoms with Crippen LogP contribution in [-0.2, 0) is 11.8 Å². The van der Waals surface area contributed by atoms with Gasteiger partial charge in [-0.05, 0) is 26.8 Å². The number of hydrogen-bond acceptors (Lipinski definition) is 2. The fourth-order valence-electron chi connectivity index (χ4n) is 2.57. The van der Waals surface area contributed by atoms with Crippen LogP contribution in [0, 0.1) is 6.92 Å². The molecule has 0 bridgehead atoms. The van der Waals surface area contributed by atoms with Gasteiger partial charge >= 0.3 is 0 Å². The molecule has 1 amide bonds. The first-order valence-electron chi connectivity index (χ1n) is 6.90. The number of benzene rings is 1. The number of Topliss-reactive ketones (excluding diaryl/α,β-unsaturated/α-hetero) is 1. The smallest absolute Gasteiger partial charge is 0.295 e. The van der Waals surface area contributed by atoms with Crippen LogP contribution in [0.5, 0.6) is 0 Å². The van der Waals surface area contributed by atoms with E-state index in [1.54, 1.807) is 4.90 Å². The van der Waals surface area contributed by atoms with Crippen molar-refractivity contribution in [3.05, 3.63) is 35.5 Å². The van der Waals surface area contributed by atoms with Crippen LogP contribution < -0.4 is 0 Å². The lowest BCUT2D eigenvalue weighted by molar-refractivity contribution is -0.126. The van der Waals surface area contributed by atoms with Gasteiger partial charge < -0.3 is 9.47 Å². The zero-order chi connectivity index (χ0) is 14.9. The van der Waals surface area contributed by atoms with Gasteiger partial charge in [-0.2, -0.15) is 0 Å². The number of ketones is 1. The van der Waals surface area contributed by atoms with Crippen LogP contribution in [0.2, 0.25) is 0 Å². The molecule has 0 aliphatic rings. The van der Waals surface area contributed by atoms with Crippen molar-refractivity contribution >= 4 is 22.6 Å². The van der Waals surface area contributed by atoms with Gasteiger partial charge in [0.2, 0.25) is 0 Å². The Morgan fingerprint density at radius 3 is 2.35 bits per heavy atom. The average Bonchev–Trinajstić information content (AvgIpc) is 2.72. The van der Waals surface area contributed by atoms with Gasteiger partial charge in [-0.3, -0.25) is 9.59 Å². The molecule has 106 valence electrons. The summed E-state index contributed by atoms with van der Waals surface area (Å²) in [4.78, 5) is 26.4. The normalized spacial score (nSPS) is 10.8. The largest absolute Gasteiger partial charge is 0.347 e. The minimum Gasteiger partial charge on any atom is -0.347 e. The summed E-state index contributed by atoms with van der Waals surface area (Å²) in [7, 11) is 1.91. The summed E-state index contributed by atoms with van der Waals surface area (Å²) in [6, 6.07) is 7.68. The molecular formula is C16H20N2O2. The quantitative estimate of drug-likeness (QED) is 0.634. The Labute approximate surface area is 119 Å².